The summed E-state index contributed by atoms with van der Waals surface area (Å²) in [6, 6.07) is 17.5. The Kier molecular flexibility index (Phi) is 4.96. The van der Waals surface area contributed by atoms with Crippen LogP contribution in [0.25, 0.3) is 0 Å². The first kappa shape index (κ1) is 16.3. The zero-order valence-corrected chi connectivity index (χ0v) is 15.0. The summed E-state index contributed by atoms with van der Waals surface area (Å²) in [5.41, 5.74) is 1.85. The second-order valence-corrected chi connectivity index (χ2v) is 6.00. The third kappa shape index (κ3) is 4.02. The smallest absolute Gasteiger partial charge is 0.136 e. The van der Waals surface area contributed by atoms with Crippen LogP contribution in [0.1, 0.15) is 5.82 Å². The van der Waals surface area contributed by atoms with Crippen molar-refractivity contribution in [3.63, 3.8) is 0 Å². The fourth-order valence-electron chi connectivity index (χ4n) is 2.25. The van der Waals surface area contributed by atoms with Gasteiger partial charge in [0.1, 0.15) is 23.2 Å². The second-order valence-electron chi connectivity index (χ2n) is 5.15. The molecule has 0 bridgehead atoms. The van der Waals surface area contributed by atoms with Gasteiger partial charge in [0.25, 0.3) is 0 Å². The SMILES string of the molecule is COc1cccc(Nc2cc(Nc3ccccc3Br)nc(C)n2)c1. The quantitative estimate of drug-likeness (QED) is 0.644. The van der Waals surface area contributed by atoms with Crippen LogP contribution in [0, 0.1) is 6.92 Å². The van der Waals surface area contributed by atoms with E-state index in [1.165, 1.54) is 0 Å². The molecular weight excluding hydrogens is 368 g/mol. The summed E-state index contributed by atoms with van der Waals surface area (Å²) in [7, 11) is 1.65. The predicted molar refractivity (Wildman–Crippen MR) is 100 cm³/mol. The Morgan fingerprint density at radius 3 is 2.42 bits per heavy atom. The van der Waals surface area contributed by atoms with Gasteiger partial charge in [-0.15, -0.1) is 0 Å². The van der Waals surface area contributed by atoms with Crippen molar-refractivity contribution >= 4 is 38.9 Å². The molecule has 0 unspecified atom stereocenters. The van der Waals surface area contributed by atoms with Crippen molar-refractivity contribution in [3.8, 4) is 5.75 Å². The second kappa shape index (κ2) is 7.31. The van der Waals surface area contributed by atoms with Crippen molar-refractivity contribution in [3.05, 3.63) is 64.9 Å². The van der Waals surface area contributed by atoms with Crippen molar-refractivity contribution in [1.82, 2.24) is 9.97 Å². The highest BCUT2D eigenvalue weighted by Gasteiger charge is 2.05. The first-order valence-corrected chi connectivity index (χ1v) is 8.21. The van der Waals surface area contributed by atoms with Gasteiger partial charge in [0.2, 0.25) is 0 Å². The highest BCUT2D eigenvalue weighted by atomic mass is 79.9. The van der Waals surface area contributed by atoms with E-state index >= 15 is 0 Å². The summed E-state index contributed by atoms with van der Waals surface area (Å²) < 4.78 is 6.22. The van der Waals surface area contributed by atoms with Crippen molar-refractivity contribution < 1.29 is 4.74 Å². The Bertz CT molecular complexity index is 854. The summed E-state index contributed by atoms with van der Waals surface area (Å²) >= 11 is 3.53. The van der Waals surface area contributed by atoms with E-state index < -0.39 is 0 Å². The molecule has 2 N–H and O–H groups in total. The molecule has 0 amide bonds. The molecule has 3 aromatic rings. The third-order valence-electron chi connectivity index (χ3n) is 3.32. The summed E-state index contributed by atoms with van der Waals surface area (Å²) in [5, 5.41) is 6.58. The zero-order valence-electron chi connectivity index (χ0n) is 13.4. The number of hydrogen-bond donors (Lipinski definition) is 2. The van der Waals surface area contributed by atoms with Crippen LogP contribution < -0.4 is 15.4 Å². The number of para-hydroxylation sites is 1. The van der Waals surface area contributed by atoms with Gasteiger partial charge in [-0.1, -0.05) is 18.2 Å². The van der Waals surface area contributed by atoms with Crippen LogP contribution in [0.3, 0.4) is 0 Å². The number of benzene rings is 2. The minimum Gasteiger partial charge on any atom is -0.497 e. The standard InChI is InChI=1S/C18H17BrN4O/c1-12-20-17(22-13-6-5-7-14(10-13)24-2)11-18(21-12)23-16-9-4-3-8-15(16)19/h3-11H,1-2H3,(H2,20,21,22,23). The monoisotopic (exact) mass is 384 g/mol. The number of aryl methyl sites for hydroxylation is 1. The van der Waals surface area contributed by atoms with E-state index in [0.717, 1.165) is 27.4 Å². The number of halogens is 1. The van der Waals surface area contributed by atoms with E-state index in [1.807, 2.05) is 61.5 Å². The van der Waals surface area contributed by atoms with Gasteiger partial charge in [0.05, 0.1) is 12.8 Å². The minimum atomic E-state index is 0.678. The molecule has 3 rings (SSSR count). The molecule has 0 radical (unpaired) electrons. The maximum absolute atomic E-state index is 5.24. The molecule has 0 aliphatic rings. The van der Waals surface area contributed by atoms with Gasteiger partial charge >= 0.3 is 0 Å². The van der Waals surface area contributed by atoms with Crippen molar-refractivity contribution in [2.24, 2.45) is 0 Å². The molecule has 0 aliphatic carbocycles. The van der Waals surface area contributed by atoms with Gasteiger partial charge in [-0.3, -0.25) is 0 Å². The Labute approximate surface area is 149 Å². The molecule has 0 saturated heterocycles. The van der Waals surface area contributed by atoms with Gasteiger partial charge < -0.3 is 15.4 Å². The summed E-state index contributed by atoms with van der Waals surface area (Å²) in [5.74, 6) is 2.90. The van der Waals surface area contributed by atoms with Gasteiger partial charge in [-0.25, -0.2) is 9.97 Å². The molecule has 5 nitrogen and oxygen atoms in total. The van der Waals surface area contributed by atoms with E-state index in [4.69, 9.17) is 4.74 Å². The maximum atomic E-state index is 5.24. The molecule has 0 spiro atoms. The van der Waals surface area contributed by atoms with Crippen LogP contribution in [0.5, 0.6) is 5.75 Å². The van der Waals surface area contributed by atoms with E-state index in [2.05, 4.69) is 36.5 Å². The number of rotatable bonds is 5. The first-order valence-electron chi connectivity index (χ1n) is 7.42. The van der Waals surface area contributed by atoms with Gasteiger partial charge in [-0.2, -0.15) is 0 Å². The molecular formula is C18H17BrN4O. The predicted octanol–water partition coefficient (Wildman–Crippen LogP) is 5.04. The van der Waals surface area contributed by atoms with Crippen LogP contribution in [0.4, 0.5) is 23.0 Å². The fraction of sp³-hybridized carbons (Fsp3) is 0.111. The van der Waals surface area contributed by atoms with Crippen LogP contribution in [-0.2, 0) is 0 Å². The zero-order chi connectivity index (χ0) is 16.9. The number of aromatic nitrogens is 2. The number of ether oxygens (including phenoxy) is 1. The highest BCUT2D eigenvalue weighted by molar-refractivity contribution is 9.10. The van der Waals surface area contributed by atoms with E-state index in [0.29, 0.717) is 11.6 Å². The van der Waals surface area contributed by atoms with Gasteiger partial charge in [-0.05, 0) is 47.1 Å². The molecule has 0 fully saturated rings. The number of nitrogens with one attached hydrogen (secondary N) is 2. The Morgan fingerprint density at radius 2 is 1.67 bits per heavy atom. The molecule has 24 heavy (non-hydrogen) atoms. The molecule has 2 aromatic carbocycles. The lowest BCUT2D eigenvalue weighted by Crippen LogP contribution is -2.02. The molecule has 0 atom stereocenters. The lowest BCUT2D eigenvalue weighted by atomic mass is 10.3. The molecule has 1 aromatic heterocycles. The number of hydrogen-bond acceptors (Lipinski definition) is 5. The van der Waals surface area contributed by atoms with Crippen molar-refractivity contribution in [1.29, 1.82) is 0 Å². The summed E-state index contributed by atoms with van der Waals surface area (Å²) in [6.07, 6.45) is 0. The van der Waals surface area contributed by atoms with E-state index in [-0.39, 0.29) is 0 Å². The average molecular weight is 385 g/mol. The van der Waals surface area contributed by atoms with Crippen molar-refractivity contribution in [2.75, 3.05) is 17.7 Å². The topological polar surface area (TPSA) is 59.1 Å². The van der Waals surface area contributed by atoms with Crippen LogP contribution >= 0.6 is 15.9 Å². The third-order valence-corrected chi connectivity index (χ3v) is 4.01. The fourth-order valence-corrected chi connectivity index (χ4v) is 2.63. The molecule has 122 valence electrons. The van der Waals surface area contributed by atoms with E-state index in [9.17, 15) is 0 Å². The largest absolute Gasteiger partial charge is 0.497 e. The normalized spacial score (nSPS) is 10.3. The lowest BCUT2D eigenvalue weighted by Gasteiger charge is -2.11. The number of methoxy groups -OCH3 is 1. The van der Waals surface area contributed by atoms with E-state index in [1.54, 1.807) is 7.11 Å². The average Bonchev–Trinajstić information content (AvgIpc) is 2.56. The van der Waals surface area contributed by atoms with Gasteiger partial charge in [0, 0.05) is 22.3 Å². The minimum absolute atomic E-state index is 0.678. The highest BCUT2D eigenvalue weighted by Crippen LogP contribution is 2.26. The maximum Gasteiger partial charge on any atom is 0.136 e. The Morgan fingerprint density at radius 1 is 0.917 bits per heavy atom. The lowest BCUT2D eigenvalue weighted by molar-refractivity contribution is 0.415. The van der Waals surface area contributed by atoms with Gasteiger partial charge in [0.15, 0.2) is 0 Å². The molecule has 6 heteroatoms. The summed E-state index contributed by atoms with van der Waals surface area (Å²) in [4.78, 5) is 8.87. The number of nitrogens with zero attached hydrogens (tertiary/aromatic N) is 2. The summed E-state index contributed by atoms with van der Waals surface area (Å²) in [6.45, 7) is 1.86. The Hall–Kier alpha value is -2.60. The van der Waals surface area contributed by atoms with Crippen LogP contribution in [0.2, 0.25) is 0 Å². The van der Waals surface area contributed by atoms with Crippen molar-refractivity contribution in [2.45, 2.75) is 6.92 Å². The molecule has 1 heterocycles. The molecule has 0 aliphatic heterocycles. The van der Waals surface area contributed by atoms with Crippen LogP contribution in [0.15, 0.2) is 59.1 Å². The molecule has 0 saturated carbocycles. The Balaban J connectivity index is 1.84. The first-order chi connectivity index (χ1) is 11.6. The number of anilines is 4. The van der Waals surface area contributed by atoms with Crippen LogP contribution in [-0.4, -0.2) is 17.1 Å².